The Bertz CT molecular complexity index is 695. The summed E-state index contributed by atoms with van der Waals surface area (Å²) in [7, 11) is 0. The fourth-order valence-corrected chi connectivity index (χ4v) is 2.36. The van der Waals surface area contributed by atoms with Gasteiger partial charge in [0.05, 0.1) is 11.6 Å². The summed E-state index contributed by atoms with van der Waals surface area (Å²) in [6, 6.07) is 15.7. The number of carbonyl (C=O) groups is 1. The van der Waals surface area contributed by atoms with Crippen LogP contribution in [0.25, 0.3) is 5.70 Å². The van der Waals surface area contributed by atoms with Crippen LogP contribution < -0.4 is 0 Å². The first-order chi connectivity index (χ1) is 10.6. The fraction of sp³-hybridized carbons (Fsp3) is 0.167. The normalized spacial score (nSPS) is 17.7. The monoisotopic (exact) mass is 297 g/mol. The van der Waals surface area contributed by atoms with E-state index in [-0.39, 0.29) is 17.6 Å². The molecule has 1 heterocycles. The number of halogens is 1. The lowest BCUT2D eigenvalue weighted by molar-refractivity contribution is -0.169. The molecule has 0 aromatic heterocycles. The van der Waals surface area contributed by atoms with E-state index in [0.717, 1.165) is 11.1 Å². The highest BCUT2D eigenvalue weighted by molar-refractivity contribution is 5.94. The van der Waals surface area contributed by atoms with E-state index in [2.05, 4.69) is 0 Å². The number of hydrogen-bond donors (Lipinski definition) is 0. The first kappa shape index (κ1) is 14.5. The Morgan fingerprint density at radius 3 is 2.45 bits per heavy atom. The van der Waals surface area contributed by atoms with Crippen LogP contribution in [0.4, 0.5) is 4.39 Å². The third kappa shape index (κ3) is 2.92. The van der Waals surface area contributed by atoms with Crippen molar-refractivity contribution in [2.24, 2.45) is 5.92 Å². The minimum Gasteiger partial charge on any atom is -0.271 e. The van der Waals surface area contributed by atoms with E-state index in [0.29, 0.717) is 12.3 Å². The lowest BCUT2D eigenvalue weighted by Crippen LogP contribution is -2.27. The lowest BCUT2D eigenvalue weighted by atomic mass is 10.1. The van der Waals surface area contributed by atoms with E-state index in [4.69, 9.17) is 4.84 Å². The van der Waals surface area contributed by atoms with Gasteiger partial charge in [-0.05, 0) is 42.8 Å². The maximum atomic E-state index is 13.1. The predicted molar refractivity (Wildman–Crippen MR) is 81.6 cm³/mol. The van der Waals surface area contributed by atoms with E-state index < -0.39 is 0 Å². The first-order valence-electron chi connectivity index (χ1n) is 7.14. The maximum Gasteiger partial charge on any atom is 0.257 e. The number of hydrogen-bond acceptors (Lipinski definition) is 2. The number of amides is 1. The second-order valence-electron chi connectivity index (χ2n) is 5.24. The second kappa shape index (κ2) is 6.12. The second-order valence-corrected chi connectivity index (χ2v) is 5.24. The van der Waals surface area contributed by atoms with Crippen LogP contribution in [0.15, 0.2) is 60.7 Å². The molecule has 2 aromatic rings. The van der Waals surface area contributed by atoms with E-state index in [1.165, 1.54) is 17.2 Å². The number of hydroxylamine groups is 2. The van der Waals surface area contributed by atoms with Crippen molar-refractivity contribution in [1.29, 1.82) is 0 Å². The zero-order valence-corrected chi connectivity index (χ0v) is 12.2. The van der Waals surface area contributed by atoms with Crippen molar-refractivity contribution >= 4 is 11.6 Å². The molecule has 3 rings (SSSR count). The predicted octanol–water partition coefficient (Wildman–Crippen LogP) is 3.78. The van der Waals surface area contributed by atoms with Gasteiger partial charge in [0.25, 0.3) is 5.91 Å². The van der Waals surface area contributed by atoms with Crippen LogP contribution in [0.5, 0.6) is 0 Å². The van der Waals surface area contributed by atoms with Crippen LogP contribution in [-0.2, 0) is 16.2 Å². The molecule has 22 heavy (non-hydrogen) atoms. The summed E-state index contributed by atoms with van der Waals surface area (Å²) in [5.74, 6) is -0.676. The molecule has 0 aliphatic carbocycles. The molecule has 0 radical (unpaired) electrons. The maximum absolute atomic E-state index is 13.1. The van der Waals surface area contributed by atoms with Gasteiger partial charge in [-0.1, -0.05) is 30.3 Å². The number of nitrogens with zero attached hydrogens (tertiary/aromatic N) is 1. The summed E-state index contributed by atoms with van der Waals surface area (Å²) < 4.78 is 13.1. The van der Waals surface area contributed by atoms with Crippen LogP contribution in [-0.4, -0.2) is 11.0 Å². The highest BCUT2D eigenvalue weighted by Crippen LogP contribution is 2.30. The third-order valence-electron chi connectivity index (χ3n) is 3.56. The summed E-state index contributed by atoms with van der Waals surface area (Å²) in [6.45, 7) is 2.12. The number of benzene rings is 2. The fourth-order valence-electron chi connectivity index (χ4n) is 2.36. The highest BCUT2D eigenvalue weighted by atomic mass is 19.1. The molecule has 0 saturated heterocycles. The summed E-state index contributed by atoms with van der Waals surface area (Å²) in [4.78, 5) is 17.9. The van der Waals surface area contributed by atoms with E-state index in [9.17, 15) is 9.18 Å². The van der Waals surface area contributed by atoms with Crippen molar-refractivity contribution in [1.82, 2.24) is 5.06 Å². The van der Waals surface area contributed by atoms with E-state index >= 15 is 0 Å². The van der Waals surface area contributed by atoms with Crippen LogP contribution in [0.1, 0.15) is 18.1 Å². The minimum absolute atomic E-state index is 0.116. The van der Waals surface area contributed by atoms with Crippen molar-refractivity contribution in [3.8, 4) is 0 Å². The van der Waals surface area contributed by atoms with E-state index in [1.54, 1.807) is 12.1 Å². The molecule has 0 fully saturated rings. The molecule has 2 aromatic carbocycles. The van der Waals surface area contributed by atoms with Gasteiger partial charge in [0.1, 0.15) is 12.4 Å². The average Bonchev–Trinajstić information content (AvgIpc) is 2.82. The Kier molecular flexibility index (Phi) is 4.02. The van der Waals surface area contributed by atoms with Gasteiger partial charge in [-0.3, -0.25) is 9.63 Å². The van der Waals surface area contributed by atoms with Gasteiger partial charge in [-0.25, -0.2) is 4.39 Å². The Labute approximate surface area is 128 Å². The van der Waals surface area contributed by atoms with Crippen molar-refractivity contribution in [3.63, 3.8) is 0 Å². The molecular formula is C18H16FNO2. The molecule has 0 spiro atoms. The summed E-state index contributed by atoms with van der Waals surface area (Å²) in [5.41, 5.74) is 2.40. The van der Waals surface area contributed by atoms with E-state index in [1.807, 2.05) is 43.3 Å². The molecule has 3 nitrogen and oxygen atoms in total. The van der Waals surface area contributed by atoms with Crippen molar-refractivity contribution in [2.75, 3.05) is 0 Å². The molecule has 0 saturated carbocycles. The molecule has 0 N–H and O–H groups in total. The zero-order valence-electron chi connectivity index (χ0n) is 12.2. The average molecular weight is 297 g/mol. The number of rotatable bonds is 4. The Hall–Kier alpha value is -2.46. The van der Waals surface area contributed by atoms with Crippen LogP contribution in [0.3, 0.4) is 0 Å². The quantitative estimate of drug-likeness (QED) is 0.859. The SMILES string of the molecule is CC1C=C(c2ccc(F)cc2)N(OCc2ccccc2)C1=O. The van der Waals surface area contributed by atoms with Gasteiger partial charge in [-0.2, -0.15) is 5.06 Å². The standard InChI is InChI=1S/C18H16FNO2/c1-13-11-17(15-7-9-16(19)10-8-15)20(18(13)21)22-12-14-5-3-2-4-6-14/h2-11,13H,12H2,1H3. The van der Waals surface area contributed by atoms with Crippen molar-refractivity contribution < 1.29 is 14.0 Å². The first-order valence-corrected chi connectivity index (χ1v) is 7.14. The van der Waals surface area contributed by atoms with Crippen LogP contribution >= 0.6 is 0 Å². The number of carbonyl (C=O) groups excluding carboxylic acids is 1. The summed E-state index contributed by atoms with van der Waals surface area (Å²) in [6.07, 6.45) is 1.83. The van der Waals surface area contributed by atoms with Gasteiger partial charge in [-0.15, -0.1) is 0 Å². The van der Waals surface area contributed by atoms with Gasteiger partial charge >= 0.3 is 0 Å². The molecule has 1 amide bonds. The van der Waals surface area contributed by atoms with Gasteiger partial charge in [0.2, 0.25) is 0 Å². The summed E-state index contributed by atoms with van der Waals surface area (Å²) in [5, 5.41) is 1.31. The topological polar surface area (TPSA) is 29.5 Å². The largest absolute Gasteiger partial charge is 0.271 e. The Morgan fingerprint density at radius 1 is 1.09 bits per heavy atom. The smallest absolute Gasteiger partial charge is 0.257 e. The molecule has 0 bridgehead atoms. The van der Waals surface area contributed by atoms with Gasteiger partial charge in [0, 0.05) is 5.56 Å². The molecule has 112 valence electrons. The molecule has 1 unspecified atom stereocenters. The zero-order chi connectivity index (χ0) is 15.5. The van der Waals surface area contributed by atoms with Crippen molar-refractivity contribution in [2.45, 2.75) is 13.5 Å². The van der Waals surface area contributed by atoms with Crippen LogP contribution in [0, 0.1) is 11.7 Å². The Balaban J connectivity index is 1.80. The highest BCUT2D eigenvalue weighted by Gasteiger charge is 2.31. The van der Waals surface area contributed by atoms with Crippen LogP contribution in [0.2, 0.25) is 0 Å². The third-order valence-corrected chi connectivity index (χ3v) is 3.56. The molecule has 1 atom stereocenters. The minimum atomic E-state index is -0.307. The molecule has 1 aliphatic rings. The summed E-state index contributed by atoms with van der Waals surface area (Å²) >= 11 is 0. The molecular weight excluding hydrogens is 281 g/mol. The molecule has 4 heteroatoms. The molecule has 1 aliphatic heterocycles. The van der Waals surface area contributed by atoms with Crippen molar-refractivity contribution in [3.05, 3.63) is 77.6 Å². The lowest BCUT2D eigenvalue weighted by Gasteiger charge is -2.20. The Morgan fingerprint density at radius 2 is 1.77 bits per heavy atom. The van der Waals surface area contributed by atoms with Gasteiger partial charge in [0.15, 0.2) is 0 Å². The van der Waals surface area contributed by atoms with Gasteiger partial charge < -0.3 is 0 Å².